The van der Waals surface area contributed by atoms with Gasteiger partial charge in [0.25, 0.3) is 0 Å². The molecule has 0 aliphatic carbocycles. The van der Waals surface area contributed by atoms with E-state index in [1.165, 1.54) is 0 Å². The van der Waals surface area contributed by atoms with Crippen molar-refractivity contribution in [1.29, 1.82) is 0 Å². The molecule has 2 heterocycles. The number of nitrogens with zero attached hydrogens (tertiary/aromatic N) is 2. The number of thioether (sulfide) groups is 1. The van der Waals surface area contributed by atoms with Gasteiger partial charge in [0.1, 0.15) is 10.8 Å². The molecular weight excluding hydrogens is 250 g/mol. The molecule has 1 fully saturated rings. The van der Waals surface area contributed by atoms with Gasteiger partial charge in [-0.1, -0.05) is 19.1 Å². The molecule has 1 aliphatic heterocycles. The van der Waals surface area contributed by atoms with Crippen molar-refractivity contribution in [2.75, 3.05) is 17.2 Å². The van der Waals surface area contributed by atoms with Crippen molar-refractivity contribution in [2.24, 2.45) is 5.73 Å². The summed E-state index contributed by atoms with van der Waals surface area (Å²) in [7, 11) is 0. The van der Waals surface area contributed by atoms with Crippen LogP contribution < -0.4 is 10.6 Å². The van der Waals surface area contributed by atoms with Crippen LogP contribution in [-0.2, 0) is 0 Å². The molecule has 1 aromatic rings. The van der Waals surface area contributed by atoms with Gasteiger partial charge in [-0.25, -0.2) is 4.98 Å². The summed E-state index contributed by atoms with van der Waals surface area (Å²) in [5.74, 6) is 2.18. The lowest BCUT2D eigenvalue weighted by Gasteiger charge is -2.38. The number of aromatic nitrogens is 1. The molecule has 0 radical (unpaired) electrons. The van der Waals surface area contributed by atoms with Crippen LogP contribution in [0.1, 0.15) is 19.4 Å². The Morgan fingerprint density at radius 3 is 2.88 bits per heavy atom. The average Bonchev–Trinajstić information content (AvgIpc) is 2.33. The SMILES string of the molecule is CC1SCCN(c2ccc(C(N)=S)cn2)C1C. The predicted octanol–water partition coefficient (Wildman–Crippen LogP) is 2.05. The summed E-state index contributed by atoms with van der Waals surface area (Å²) < 4.78 is 0. The van der Waals surface area contributed by atoms with Gasteiger partial charge in [0, 0.05) is 35.3 Å². The monoisotopic (exact) mass is 267 g/mol. The number of rotatable bonds is 2. The first-order chi connectivity index (χ1) is 8.09. The Morgan fingerprint density at radius 1 is 1.53 bits per heavy atom. The van der Waals surface area contributed by atoms with E-state index in [9.17, 15) is 0 Å². The van der Waals surface area contributed by atoms with E-state index in [2.05, 4.69) is 23.7 Å². The van der Waals surface area contributed by atoms with E-state index in [1.54, 1.807) is 6.20 Å². The first-order valence-corrected chi connectivity index (χ1v) is 7.19. The van der Waals surface area contributed by atoms with E-state index in [4.69, 9.17) is 18.0 Å². The first kappa shape index (κ1) is 12.6. The zero-order chi connectivity index (χ0) is 12.4. The van der Waals surface area contributed by atoms with E-state index in [1.807, 2.05) is 23.9 Å². The minimum atomic E-state index is 0.402. The molecule has 0 saturated carbocycles. The third kappa shape index (κ3) is 2.72. The number of nitrogens with two attached hydrogens (primary N) is 1. The Bertz CT molecular complexity index is 405. The summed E-state index contributed by atoms with van der Waals surface area (Å²) in [6, 6.07) is 4.47. The maximum atomic E-state index is 5.57. The van der Waals surface area contributed by atoms with Gasteiger partial charge in [0.05, 0.1) is 0 Å². The van der Waals surface area contributed by atoms with Gasteiger partial charge in [0.2, 0.25) is 0 Å². The van der Waals surface area contributed by atoms with Crippen LogP contribution in [0, 0.1) is 0 Å². The van der Waals surface area contributed by atoms with Crippen LogP contribution in [-0.4, -0.2) is 33.6 Å². The highest BCUT2D eigenvalue weighted by Gasteiger charge is 2.25. The number of thiocarbonyl (C=S) groups is 1. The lowest BCUT2D eigenvalue weighted by atomic mass is 10.2. The van der Waals surface area contributed by atoms with Crippen LogP contribution in [0.3, 0.4) is 0 Å². The van der Waals surface area contributed by atoms with E-state index >= 15 is 0 Å². The Morgan fingerprint density at radius 2 is 2.29 bits per heavy atom. The van der Waals surface area contributed by atoms with Crippen LogP contribution in [0.5, 0.6) is 0 Å². The van der Waals surface area contributed by atoms with Crippen LogP contribution in [0.15, 0.2) is 18.3 Å². The molecule has 0 aromatic carbocycles. The number of hydrogen-bond acceptors (Lipinski definition) is 4. The smallest absolute Gasteiger partial charge is 0.128 e. The normalized spacial score (nSPS) is 24.7. The molecule has 1 aliphatic rings. The molecule has 1 saturated heterocycles. The molecule has 2 rings (SSSR count). The molecule has 2 unspecified atom stereocenters. The fourth-order valence-corrected chi connectivity index (χ4v) is 3.18. The summed E-state index contributed by atoms with van der Waals surface area (Å²) in [6.45, 7) is 5.57. The van der Waals surface area contributed by atoms with Gasteiger partial charge in [-0.05, 0) is 19.1 Å². The second kappa shape index (κ2) is 5.23. The lowest BCUT2D eigenvalue weighted by Crippen LogP contribution is -2.45. The molecule has 5 heteroatoms. The third-order valence-electron chi connectivity index (χ3n) is 3.21. The van der Waals surface area contributed by atoms with Crippen molar-refractivity contribution in [2.45, 2.75) is 25.1 Å². The van der Waals surface area contributed by atoms with E-state index < -0.39 is 0 Å². The highest BCUT2D eigenvalue weighted by molar-refractivity contribution is 8.00. The Balaban J connectivity index is 2.19. The van der Waals surface area contributed by atoms with Gasteiger partial charge >= 0.3 is 0 Å². The highest BCUT2D eigenvalue weighted by atomic mass is 32.2. The van der Waals surface area contributed by atoms with E-state index in [0.717, 1.165) is 23.7 Å². The molecule has 92 valence electrons. The van der Waals surface area contributed by atoms with Crippen molar-refractivity contribution in [3.8, 4) is 0 Å². The molecular formula is C12H17N3S2. The van der Waals surface area contributed by atoms with E-state index in [0.29, 0.717) is 16.3 Å². The van der Waals surface area contributed by atoms with Crippen LogP contribution in [0.4, 0.5) is 5.82 Å². The lowest BCUT2D eigenvalue weighted by molar-refractivity contribution is 0.620. The molecule has 1 aromatic heterocycles. The molecule has 2 N–H and O–H groups in total. The largest absolute Gasteiger partial charge is 0.389 e. The standard InChI is InChI=1S/C12H17N3S2/c1-8-9(2)17-6-5-15(8)11-4-3-10(7-14-11)12(13)16/h3-4,7-9H,5-6H2,1-2H3,(H2,13,16). The molecule has 3 nitrogen and oxygen atoms in total. The van der Waals surface area contributed by atoms with Crippen molar-refractivity contribution < 1.29 is 0 Å². The summed E-state index contributed by atoms with van der Waals surface area (Å²) in [5, 5.41) is 0.640. The minimum absolute atomic E-state index is 0.402. The van der Waals surface area contributed by atoms with Gasteiger partial charge in [0.15, 0.2) is 0 Å². The van der Waals surface area contributed by atoms with Gasteiger partial charge in [-0.2, -0.15) is 11.8 Å². The summed E-state index contributed by atoms with van der Waals surface area (Å²) in [4.78, 5) is 7.21. The molecule has 0 bridgehead atoms. The van der Waals surface area contributed by atoms with Crippen LogP contribution in [0.2, 0.25) is 0 Å². The van der Waals surface area contributed by atoms with Gasteiger partial charge in [-0.15, -0.1) is 0 Å². The van der Waals surface area contributed by atoms with Crippen molar-refractivity contribution in [3.63, 3.8) is 0 Å². The third-order valence-corrected chi connectivity index (χ3v) is 4.78. The van der Waals surface area contributed by atoms with Crippen LogP contribution in [0.25, 0.3) is 0 Å². The second-order valence-electron chi connectivity index (χ2n) is 4.28. The number of hydrogen-bond donors (Lipinski definition) is 1. The van der Waals surface area contributed by atoms with E-state index in [-0.39, 0.29) is 0 Å². The van der Waals surface area contributed by atoms with Gasteiger partial charge < -0.3 is 10.6 Å². The molecule has 2 atom stereocenters. The Labute approximate surface area is 112 Å². The minimum Gasteiger partial charge on any atom is -0.389 e. The number of anilines is 1. The fraction of sp³-hybridized carbons (Fsp3) is 0.500. The van der Waals surface area contributed by atoms with Crippen molar-refractivity contribution >= 4 is 34.8 Å². The van der Waals surface area contributed by atoms with Crippen LogP contribution >= 0.6 is 24.0 Å². The predicted molar refractivity (Wildman–Crippen MR) is 78.9 cm³/mol. The Hall–Kier alpha value is -0.810. The first-order valence-electron chi connectivity index (χ1n) is 5.73. The topological polar surface area (TPSA) is 42.1 Å². The quantitative estimate of drug-likeness (QED) is 0.831. The van der Waals surface area contributed by atoms with Gasteiger partial charge in [-0.3, -0.25) is 0 Å². The zero-order valence-electron chi connectivity index (χ0n) is 10.1. The summed E-state index contributed by atoms with van der Waals surface area (Å²) in [5.41, 5.74) is 6.40. The summed E-state index contributed by atoms with van der Waals surface area (Å²) in [6.07, 6.45) is 1.76. The Kier molecular flexibility index (Phi) is 3.89. The average molecular weight is 267 g/mol. The highest BCUT2D eigenvalue weighted by Crippen LogP contribution is 2.27. The zero-order valence-corrected chi connectivity index (χ0v) is 11.7. The maximum Gasteiger partial charge on any atom is 0.128 e. The molecule has 0 amide bonds. The van der Waals surface area contributed by atoms with Crippen molar-refractivity contribution in [3.05, 3.63) is 23.9 Å². The number of pyridine rings is 1. The van der Waals surface area contributed by atoms with Crippen molar-refractivity contribution in [1.82, 2.24) is 4.98 Å². The molecule has 17 heavy (non-hydrogen) atoms. The summed E-state index contributed by atoms with van der Waals surface area (Å²) >= 11 is 6.95. The maximum absolute atomic E-state index is 5.57. The fourth-order valence-electron chi connectivity index (χ4n) is 1.96. The second-order valence-corrected chi connectivity index (χ2v) is 6.20. The molecule has 0 spiro atoms.